The number of benzene rings is 2. The fourth-order valence-electron chi connectivity index (χ4n) is 6.44. The predicted octanol–water partition coefficient (Wildman–Crippen LogP) is 1.19. The van der Waals surface area contributed by atoms with Gasteiger partial charge in [-0.05, 0) is 67.7 Å². The van der Waals surface area contributed by atoms with Gasteiger partial charge in [0, 0.05) is 24.4 Å². The topological polar surface area (TPSA) is 155 Å². The molecular formula is C28H27FN2O7. The first-order valence-corrected chi connectivity index (χ1v) is 12.3. The van der Waals surface area contributed by atoms with Gasteiger partial charge in [0.1, 0.15) is 11.6 Å². The zero-order chi connectivity index (χ0) is 27.7. The summed E-state index contributed by atoms with van der Waals surface area (Å²) in [6, 6.07) is 7.52. The van der Waals surface area contributed by atoms with Crippen molar-refractivity contribution in [2.75, 3.05) is 14.1 Å². The van der Waals surface area contributed by atoms with Crippen LogP contribution in [0.2, 0.25) is 0 Å². The molecule has 0 aromatic heterocycles. The van der Waals surface area contributed by atoms with E-state index in [0.29, 0.717) is 28.8 Å². The third-order valence-electron chi connectivity index (χ3n) is 8.13. The molecule has 198 valence electrons. The van der Waals surface area contributed by atoms with E-state index >= 15 is 0 Å². The van der Waals surface area contributed by atoms with E-state index in [-0.39, 0.29) is 30.0 Å². The van der Waals surface area contributed by atoms with Crippen LogP contribution in [0.1, 0.15) is 34.3 Å². The van der Waals surface area contributed by atoms with Crippen molar-refractivity contribution in [3.05, 3.63) is 52.8 Å². The second-order valence-electron chi connectivity index (χ2n) is 10.8. The van der Waals surface area contributed by atoms with Crippen LogP contribution in [0.3, 0.4) is 0 Å². The Kier molecular flexibility index (Phi) is 6.07. The monoisotopic (exact) mass is 522 g/mol. The van der Waals surface area contributed by atoms with E-state index in [1.807, 2.05) is 4.90 Å². The predicted molar refractivity (Wildman–Crippen MR) is 131 cm³/mol. The van der Waals surface area contributed by atoms with Crippen molar-refractivity contribution in [3.8, 4) is 16.9 Å². The molecule has 0 spiro atoms. The Morgan fingerprint density at radius 1 is 1.11 bits per heavy atom. The molecule has 2 aromatic carbocycles. The second-order valence-corrected chi connectivity index (χ2v) is 10.8. The lowest BCUT2D eigenvalue weighted by molar-refractivity contribution is -0.175. The van der Waals surface area contributed by atoms with Crippen molar-refractivity contribution in [1.82, 2.24) is 4.90 Å². The van der Waals surface area contributed by atoms with Crippen LogP contribution in [0.15, 0.2) is 30.3 Å². The number of carbonyl (C=O) groups excluding carboxylic acids is 5. The Balaban J connectivity index is 1.60. The standard InChI is InChI=1S/C28H27FN2O7/c1-31(2)11-14-7-12(3-5-18(14)29)16-4-6-19(32)22-17(16)9-13-8-15-10-20(33)23(27(30)37)26(36)28(15,38)25(35)21(13)24(22)34/h3-7,13,15,21,23,32,38H,8-11H2,1-2H3,(H2,30,37)/t13-,15+,21?,23?,28+/m1/s1. The lowest BCUT2D eigenvalue weighted by Crippen LogP contribution is -2.68. The van der Waals surface area contributed by atoms with Gasteiger partial charge in [0.05, 0.1) is 11.5 Å². The average molecular weight is 523 g/mol. The molecule has 3 aliphatic rings. The minimum Gasteiger partial charge on any atom is -0.507 e. The van der Waals surface area contributed by atoms with E-state index in [9.17, 15) is 38.6 Å². The van der Waals surface area contributed by atoms with Crippen LogP contribution in [0, 0.1) is 29.5 Å². The van der Waals surface area contributed by atoms with Gasteiger partial charge in [-0.25, -0.2) is 4.39 Å². The van der Waals surface area contributed by atoms with Gasteiger partial charge in [-0.3, -0.25) is 24.0 Å². The number of halogens is 1. The highest BCUT2D eigenvalue weighted by Gasteiger charge is 2.66. The molecule has 0 saturated heterocycles. The van der Waals surface area contributed by atoms with Gasteiger partial charge in [0.2, 0.25) is 5.91 Å². The Labute approximate surface area is 217 Å². The minimum atomic E-state index is -2.69. The molecule has 0 bridgehead atoms. The maximum atomic E-state index is 14.4. The summed E-state index contributed by atoms with van der Waals surface area (Å²) in [5.74, 6) is -11.0. The molecule has 0 aliphatic heterocycles. The summed E-state index contributed by atoms with van der Waals surface area (Å²) in [4.78, 5) is 66.4. The molecule has 3 aliphatic carbocycles. The first-order chi connectivity index (χ1) is 17.9. The van der Waals surface area contributed by atoms with Crippen LogP contribution in [-0.4, -0.2) is 63.8 Å². The van der Waals surface area contributed by atoms with Crippen molar-refractivity contribution in [2.24, 2.45) is 29.4 Å². The number of hydrogen-bond acceptors (Lipinski definition) is 8. The van der Waals surface area contributed by atoms with Crippen molar-refractivity contribution in [2.45, 2.75) is 31.4 Å². The molecule has 5 atom stereocenters. The summed E-state index contributed by atoms with van der Waals surface area (Å²) in [5.41, 5.74) is 4.54. The Morgan fingerprint density at radius 3 is 2.47 bits per heavy atom. The van der Waals surface area contributed by atoms with Crippen molar-refractivity contribution in [1.29, 1.82) is 0 Å². The molecule has 9 nitrogen and oxygen atoms in total. The summed E-state index contributed by atoms with van der Waals surface area (Å²) >= 11 is 0. The third-order valence-corrected chi connectivity index (χ3v) is 8.13. The molecule has 2 fully saturated rings. The number of amides is 1. The molecule has 2 unspecified atom stereocenters. The number of carbonyl (C=O) groups is 5. The number of nitrogens with two attached hydrogens (primary N) is 1. The Bertz CT molecular complexity index is 1430. The molecule has 10 heteroatoms. The van der Waals surface area contributed by atoms with Gasteiger partial charge in [-0.2, -0.15) is 0 Å². The largest absolute Gasteiger partial charge is 0.507 e. The lowest BCUT2D eigenvalue weighted by atomic mass is 9.53. The number of phenols is 1. The van der Waals surface area contributed by atoms with Gasteiger partial charge >= 0.3 is 0 Å². The number of fused-ring (bicyclic) bond motifs is 3. The van der Waals surface area contributed by atoms with Gasteiger partial charge in [-0.15, -0.1) is 0 Å². The first kappa shape index (κ1) is 25.9. The number of nitrogens with zero attached hydrogens (tertiary/aromatic N) is 1. The smallest absolute Gasteiger partial charge is 0.235 e. The van der Waals surface area contributed by atoms with E-state index < -0.39 is 64.7 Å². The first-order valence-electron chi connectivity index (χ1n) is 12.3. The summed E-state index contributed by atoms with van der Waals surface area (Å²) in [6.07, 6.45) is -0.244. The van der Waals surface area contributed by atoms with Crippen LogP contribution in [0.4, 0.5) is 4.39 Å². The third kappa shape index (κ3) is 3.70. The fourth-order valence-corrected chi connectivity index (χ4v) is 6.44. The molecule has 2 aromatic rings. The van der Waals surface area contributed by atoms with Crippen LogP contribution in [0.5, 0.6) is 5.75 Å². The van der Waals surface area contributed by atoms with E-state index in [1.165, 1.54) is 12.1 Å². The number of hydrogen-bond donors (Lipinski definition) is 3. The SMILES string of the molecule is CN(C)Cc1cc(-c2ccc(O)c3c2C[C@H]2C[C@H]4CC(=O)C(C(N)=O)C(=O)[C@@]4(O)C(=O)C2C3=O)ccc1F. The normalized spacial score (nSPS) is 28.7. The second kappa shape index (κ2) is 8.92. The quantitative estimate of drug-likeness (QED) is 0.506. The maximum Gasteiger partial charge on any atom is 0.235 e. The van der Waals surface area contributed by atoms with Crippen molar-refractivity contribution < 1.29 is 38.6 Å². The number of phenolic OH excluding ortho intramolecular Hbond substituents is 1. The van der Waals surface area contributed by atoms with Gasteiger partial charge in [-0.1, -0.05) is 12.1 Å². The molecule has 2 saturated carbocycles. The fraction of sp³-hybridized carbons (Fsp3) is 0.393. The maximum absolute atomic E-state index is 14.4. The molecule has 4 N–H and O–H groups in total. The number of aromatic hydroxyl groups is 1. The van der Waals surface area contributed by atoms with Gasteiger partial charge in [0.25, 0.3) is 0 Å². The van der Waals surface area contributed by atoms with Gasteiger partial charge < -0.3 is 20.8 Å². The van der Waals surface area contributed by atoms with Crippen LogP contribution >= 0.6 is 0 Å². The van der Waals surface area contributed by atoms with E-state index in [2.05, 4.69) is 0 Å². The van der Waals surface area contributed by atoms with Crippen molar-refractivity contribution >= 4 is 29.0 Å². The lowest BCUT2D eigenvalue weighted by Gasteiger charge is -2.48. The Hall–Kier alpha value is -3.76. The van der Waals surface area contributed by atoms with E-state index in [4.69, 9.17) is 5.73 Å². The van der Waals surface area contributed by atoms with Crippen LogP contribution in [-0.2, 0) is 32.1 Å². The minimum absolute atomic E-state index is 0.00540. The van der Waals surface area contributed by atoms with Crippen LogP contribution in [0.25, 0.3) is 11.1 Å². The van der Waals surface area contributed by atoms with Crippen molar-refractivity contribution in [3.63, 3.8) is 0 Å². The summed E-state index contributed by atoms with van der Waals surface area (Å²) < 4.78 is 14.4. The summed E-state index contributed by atoms with van der Waals surface area (Å²) in [5, 5.41) is 21.9. The zero-order valence-corrected chi connectivity index (χ0v) is 20.9. The highest BCUT2D eigenvalue weighted by atomic mass is 19.1. The highest BCUT2D eigenvalue weighted by molar-refractivity contribution is 6.31. The molecule has 0 heterocycles. The molecule has 1 amide bonds. The average Bonchev–Trinajstić information content (AvgIpc) is 2.82. The molecule has 38 heavy (non-hydrogen) atoms. The molecular weight excluding hydrogens is 495 g/mol. The van der Waals surface area contributed by atoms with Gasteiger partial charge in [0.15, 0.2) is 34.7 Å². The summed E-state index contributed by atoms with van der Waals surface area (Å²) in [7, 11) is 3.61. The number of aliphatic hydroxyl groups is 1. The highest BCUT2D eigenvalue weighted by Crippen LogP contribution is 2.51. The van der Waals surface area contributed by atoms with E-state index in [1.54, 1.807) is 32.3 Å². The number of ketones is 4. The number of rotatable bonds is 4. The molecule has 5 rings (SSSR count). The number of Topliss-reactive ketones (excluding diaryl/α,β-unsaturated/α-hetero) is 4. The van der Waals surface area contributed by atoms with Crippen LogP contribution < -0.4 is 5.73 Å². The Morgan fingerprint density at radius 2 is 1.82 bits per heavy atom. The molecule has 0 radical (unpaired) electrons. The zero-order valence-electron chi connectivity index (χ0n) is 20.9. The number of primary amides is 1. The summed E-state index contributed by atoms with van der Waals surface area (Å²) in [6.45, 7) is 0.340. The van der Waals surface area contributed by atoms with E-state index in [0.717, 1.165) is 0 Å².